The fourth-order valence-electron chi connectivity index (χ4n) is 4.96. The largest absolute Gasteiger partial charge is 0.497 e. The van der Waals surface area contributed by atoms with E-state index in [1.807, 2.05) is 30.5 Å². The van der Waals surface area contributed by atoms with Crippen LogP contribution in [0.1, 0.15) is 43.2 Å². The Morgan fingerprint density at radius 2 is 1.88 bits per heavy atom. The summed E-state index contributed by atoms with van der Waals surface area (Å²) in [5.74, 6) is 2.49. The maximum atomic E-state index is 11.2. The molecule has 2 N–H and O–H groups in total. The summed E-state index contributed by atoms with van der Waals surface area (Å²) >= 11 is 0. The van der Waals surface area contributed by atoms with Gasteiger partial charge in [-0.15, -0.1) is 0 Å². The lowest BCUT2D eigenvalue weighted by Crippen LogP contribution is -2.41. The van der Waals surface area contributed by atoms with Crippen molar-refractivity contribution in [1.82, 2.24) is 10.3 Å². The zero-order valence-corrected chi connectivity index (χ0v) is 19.2. The van der Waals surface area contributed by atoms with E-state index < -0.39 is 5.60 Å². The van der Waals surface area contributed by atoms with Crippen molar-refractivity contribution in [3.05, 3.63) is 59.8 Å². The van der Waals surface area contributed by atoms with Crippen molar-refractivity contribution in [2.45, 2.75) is 56.7 Å². The van der Waals surface area contributed by atoms with Gasteiger partial charge in [-0.3, -0.25) is 4.98 Å². The van der Waals surface area contributed by atoms with Crippen LogP contribution in [0.3, 0.4) is 0 Å². The van der Waals surface area contributed by atoms with E-state index >= 15 is 0 Å². The van der Waals surface area contributed by atoms with Gasteiger partial charge in [0, 0.05) is 24.2 Å². The number of methoxy groups -OCH3 is 1. The molecule has 174 valence electrons. The first-order valence-electron chi connectivity index (χ1n) is 11.9. The van der Waals surface area contributed by atoms with E-state index in [0.29, 0.717) is 19.3 Å². The molecule has 1 fully saturated rings. The van der Waals surface area contributed by atoms with E-state index in [2.05, 4.69) is 28.5 Å². The van der Waals surface area contributed by atoms with E-state index in [1.54, 1.807) is 7.11 Å². The van der Waals surface area contributed by atoms with Crippen LogP contribution in [0.25, 0.3) is 10.9 Å². The molecule has 3 aromatic rings. The molecule has 0 unspecified atom stereocenters. The van der Waals surface area contributed by atoms with Crippen LogP contribution in [0.15, 0.2) is 48.7 Å². The number of nitrogens with one attached hydrogen (secondary N) is 1. The Morgan fingerprint density at radius 1 is 1.06 bits per heavy atom. The molecule has 1 aliphatic carbocycles. The highest BCUT2D eigenvalue weighted by Gasteiger charge is 2.32. The fourth-order valence-corrected chi connectivity index (χ4v) is 4.96. The molecule has 1 saturated carbocycles. The van der Waals surface area contributed by atoms with E-state index in [1.165, 1.54) is 11.1 Å². The van der Waals surface area contributed by atoms with Crippen molar-refractivity contribution < 1.29 is 19.3 Å². The van der Waals surface area contributed by atoms with Crippen molar-refractivity contribution in [3.8, 4) is 17.2 Å². The van der Waals surface area contributed by atoms with Gasteiger partial charge in [-0.05, 0) is 86.1 Å². The maximum absolute atomic E-state index is 11.2. The summed E-state index contributed by atoms with van der Waals surface area (Å²) < 4.78 is 16.7. The van der Waals surface area contributed by atoms with Gasteiger partial charge in [-0.25, -0.2) is 0 Å². The number of fused-ring (bicyclic) bond motifs is 2. The topological polar surface area (TPSA) is 72.8 Å². The van der Waals surface area contributed by atoms with Gasteiger partial charge >= 0.3 is 0 Å². The summed E-state index contributed by atoms with van der Waals surface area (Å²) in [5.41, 5.74) is 2.77. The number of hydrogen-bond acceptors (Lipinski definition) is 6. The van der Waals surface area contributed by atoms with E-state index in [4.69, 9.17) is 14.2 Å². The monoisotopic (exact) mass is 448 g/mol. The number of pyridine rings is 1. The van der Waals surface area contributed by atoms with Gasteiger partial charge < -0.3 is 24.6 Å². The number of aliphatic hydroxyl groups is 1. The number of nitrogens with zero attached hydrogens (tertiary/aromatic N) is 1. The quantitative estimate of drug-likeness (QED) is 0.558. The van der Waals surface area contributed by atoms with Gasteiger partial charge in [0.1, 0.15) is 19.0 Å². The Morgan fingerprint density at radius 3 is 2.70 bits per heavy atom. The minimum atomic E-state index is -0.608. The molecule has 6 nitrogen and oxygen atoms in total. The lowest BCUT2D eigenvalue weighted by molar-refractivity contribution is -0.0107. The fraction of sp³-hybridized carbons (Fsp3) is 0.444. The Bertz CT molecular complexity index is 1110. The third-order valence-corrected chi connectivity index (χ3v) is 7.02. The van der Waals surface area contributed by atoms with E-state index in [-0.39, 0.29) is 0 Å². The smallest absolute Gasteiger partial charge is 0.161 e. The second-order valence-corrected chi connectivity index (χ2v) is 9.21. The minimum Gasteiger partial charge on any atom is -0.497 e. The average Bonchev–Trinajstić information content (AvgIpc) is 2.87. The third-order valence-electron chi connectivity index (χ3n) is 7.02. The Balaban J connectivity index is 1.14. The summed E-state index contributed by atoms with van der Waals surface area (Å²) in [6.07, 6.45) is 7.04. The number of rotatable bonds is 7. The standard InChI is InChI=1S/C27H32N2O4/c1-31-22-3-4-24-23(17-22)20(9-13-28-24)6-10-27(30)11-7-21(8-12-27)29-18-19-2-5-25-26(16-19)33-15-14-32-25/h2-5,9,13,16-17,21,29-30H,6-8,10-12,14-15,18H2,1H3/t21-,27-. The van der Waals surface area contributed by atoms with Gasteiger partial charge in [-0.1, -0.05) is 6.07 Å². The molecule has 5 rings (SSSR count). The minimum absolute atomic E-state index is 0.421. The predicted molar refractivity (Wildman–Crippen MR) is 128 cm³/mol. The van der Waals surface area contributed by atoms with Crippen LogP contribution >= 0.6 is 0 Å². The highest BCUT2D eigenvalue weighted by Crippen LogP contribution is 2.34. The molecule has 0 bridgehead atoms. The molecule has 0 spiro atoms. The summed E-state index contributed by atoms with van der Waals surface area (Å²) in [4.78, 5) is 4.47. The molecule has 0 amide bonds. The molecular weight excluding hydrogens is 416 g/mol. The third kappa shape index (κ3) is 5.07. The highest BCUT2D eigenvalue weighted by atomic mass is 16.6. The van der Waals surface area contributed by atoms with Gasteiger partial charge in [0.25, 0.3) is 0 Å². The molecule has 2 aromatic carbocycles. The van der Waals surface area contributed by atoms with Crippen LogP contribution < -0.4 is 19.5 Å². The van der Waals surface area contributed by atoms with Gasteiger partial charge in [0.05, 0.1) is 18.2 Å². The average molecular weight is 449 g/mol. The molecule has 2 heterocycles. The number of aryl methyl sites for hydroxylation is 1. The van der Waals surface area contributed by atoms with Crippen LogP contribution in [0.2, 0.25) is 0 Å². The summed E-state index contributed by atoms with van der Waals surface area (Å²) in [7, 11) is 1.68. The molecule has 33 heavy (non-hydrogen) atoms. The molecule has 0 saturated heterocycles. The SMILES string of the molecule is COc1ccc2nccc(CC[C@]3(O)CC[C@H](NCc4ccc5c(c4)OCCO5)CC3)c2c1. The van der Waals surface area contributed by atoms with Crippen LogP contribution in [0.4, 0.5) is 0 Å². The molecule has 0 radical (unpaired) electrons. The Kier molecular flexibility index (Phi) is 6.38. The van der Waals surface area contributed by atoms with Crippen LogP contribution in [0, 0.1) is 0 Å². The second kappa shape index (κ2) is 9.57. The number of benzene rings is 2. The molecule has 1 aromatic heterocycles. The number of ether oxygens (including phenoxy) is 3. The first kappa shape index (κ1) is 22.0. The molecule has 0 atom stereocenters. The normalized spacial score (nSPS) is 22.3. The van der Waals surface area contributed by atoms with Crippen LogP contribution in [-0.2, 0) is 13.0 Å². The zero-order chi connectivity index (χ0) is 22.7. The van der Waals surface area contributed by atoms with Crippen molar-refractivity contribution >= 4 is 10.9 Å². The highest BCUT2D eigenvalue weighted by molar-refractivity contribution is 5.83. The molecule has 6 heteroatoms. The summed E-state index contributed by atoms with van der Waals surface area (Å²) in [6.45, 7) is 2.01. The van der Waals surface area contributed by atoms with E-state index in [0.717, 1.165) is 73.2 Å². The summed E-state index contributed by atoms with van der Waals surface area (Å²) in [6, 6.07) is 14.6. The second-order valence-electron chi connectivity index (χ2n) is 9.21. The van der Waals surface area contributed by atoms with Gasteiger partial charge in [-0.2, -0.15) is 0 Å². The first-order valence-corrected chi connectivity index (χ1v) is 11.9. The van der Waals surface area contributed by atoms with Crippen LogP contribution in [0.5, 0.6) is 17.2 Å². The van der Waals surface area contributed by atoms with Crippen molar-refractivity contribution in [2.24, 2.45) is 0 Å². The van der Waals surface area contributed by atoms with Crippen LogP contribution in [-0.4, -0.2) is 42.1 Å². The number of hydrogen-bond donors (Lipinski definition) is 2. The Labute approximate surface area is 194 Å². The predicted octanol–water partition coefficient (Wildman–Crippen LogP) is 4.41. The van der Waals surface area contributed by atoms with Crippen molar-refractivity contribution in [1.29, 1.82) is 0 Å². The molecular formula is C27H32N2O4. The number of aromatic nitrogens is 1. The lowest BCUT2D eigenvalue weighted by Gasteiger charge is -2.36. The van der Waals surface area contributed by atoms with Crippen molar-refractivity contribution in [3.63, 3.8) is 0 Å². The zero-order valence-electron chi connectivity index (χ0n) is 19.2. The van der Waals surface area contributed by atoms with E-state index in [9.17, 15) is 5.11 Å². The molecule has 1 aliphatic heterocycles. The maximum Gasteiger partial charge on any atom is 0.161 e. The Hall–Kier alpha value is -2.83. The van der Waals surface area contributed by atoms with Crippen molar-refractivity contribution in [2.75, 3.05) is 20.3 Å². The van der Waals surface area contributed by atoms with Gasteiger partial charge in [0.2, 0.25) is 0 Å². The summed E-state index contributed by atoms with van der Waals surface area (Å²) in [5, 5.41) is 16.0. The molecule has 2 aliphatic rings. The van der Waals surface area contributed by atoms with Gasteiger partial charge in [0.15, 0.2) is 11.5 Å². The lowest BCUT2D eigenvalue weighted by atomic mass is 9.78. The first-order chi connectivity index (χ1) is 16.1.